The minimum absolute atomic E-state index is 0.488. The van der Waals surface area contributed by atoms with E-state index in [9.17, 15) is 0 Å². The van der Waals surface area contributed by atoms with E-state index in [4.69, 9.17) is 4.98 Å². The molecule has 1 aromatic heterocycles. The number of nitrogens with one attached hydrogen (secondary N) is 1. The largest absolute Gasteiger partial charge is 0.308 e. The van der Waals surface area contributed by atoms with E-state index in [0.29, 0.717) is 12.0 Å². The van der Waals surface area contributed by atoms with Gasteiger partial charge in [0.1, 0.15) is 5.01 Å². The van der Waals surface area contributed by atoms with Gasteiger partial charge in [0.05, 0.1) is 11.7 Å². The van der Waals surface area contributed by atoms with Crippen molar-refractivity contribution in [3.63, 3.8) is 0 Å². The summed E-state index contributed by atoms with van der Waals surface area (Å²) in [6.07, 6.45) is 5.02. The summed E-state index contributed by atoms with van der Waals surface area (Å²) in [4.78, 5) is 6.49. The summed E-state index contributed by atoms with van der Waals surface area (Å²) in [6, 6.07) is 9.28. The molecule has 0 radical (unpaired) electrons. The summed E-state index contributed by atoms with van der Waals surface area (Å²) in [5, 5.41) is 4.93. The predicted molar refractivity (Wildman–Crippen MR) is 84.3 cm³/mol. The van der Waals surface area contributed by atoms with Crippen LogP contribution in [-0.2, 0) is 6.42 Å². The van der Waals surface area contributed by atoms with Gasteiger partial charge in [0.2, 0.25) is 0 Å². The molecular formula is C17H20N2S. The van der Waals surface area contributed by atoms with E-state index in [1.54, 1.807) is 0 Å². The van der Waals surface area contributed by atoms with Gasteiger partial charge in [-0.1, -0.05) is 37.6 Å². The van der Waals surface area contributed by atoms with Crippen LogP contribution < -0.4 is 5.32 Å². The molecule has 2 heterocycles. The Hall–Kier alpha value is -1.19. The van der Waals surface area contributed by atoms with Gasteiger partial charge >= 0.3 is 0 Å². The second-order valence-corrected chi connectivity index (χ2v) is 7.13. The van der Waals surface area contributed by atoms with Crippen LogP contribution in [0.5, 0.6) is 0 Å². The summed E-state index contributed by atoms with van der Waals surface area (Å²) in [7, 11) is 0. The predicted octanol–water partition coefficient (Wildman–Crippen LogP) is 4.28. The first-order valence-corrected chi connectivity index (χ1v) is 8.47. The van der Waals surface area contributed by atoms with Crippen LogP contribution in [-0.4, -0.2) is 11.5 Å². The standard InChI is InChI=1S/C17H20N2S/c1-11-10-15-16(13-7-3-2-6-12(11)13)19-17(20-15)14-8-4-5-9-18-14/h2-3,6-7,11,14,18H,4-5,8-10H2,1H3. The van der Waals surface area contributed by atoms with E-state index in [0.717, 1.165) is 13.0 Å². The van der Waals surface area contributed by atoms with E-state index >= 15 is 0 Å². The molecule has 2 unspecified atom stereocenters. The first kappa shape index (κ1) is 12.5. The Labute approximate surface area is 124 Å². The Morgan fingerprint density at radius 2 is 2.15 bits per heavy atom. The van der Waals surface area contributed by atoms with Crippen LogP contribution in [0.15, 0.2) is 24.3 Å². The molecule has 4 rings (SSSR count). The zero-order valence-corrected chi connectivity index (χ0v) is 12.7. The fraction of sp³-hybridized carbons (Fsp3) is 0.471. The Balaban J connectivity index is 1.76. The van der Waals surface area contributed by atoms with Crippen molar-refractivity contribution in [2.45, 2.75) is 44.6 Å². The molecule has 20 heavy (non-hydrogen) atoms. The van der Waals surface area contributed by atoms with E-state index < -0.39 is 0 Å². The second-order valence-electron chi connectivity index (χ2n) is 6.02. The summed E-state index contributed by atoms with van der Waals surface area (Å²) < 4.78 is 0. The second kappa shape index (κ2) is 4.97. The van der Waals surface area contributed by atoms with Gasteiger partial charge in [-0.15, -0.1) is 11.3 Å². The third kappa shape index (κ3) is 2.00. The Morgan fingerprint density at radius 3 is 3.00 bits per heavy atom. The molecule has 3 heteroatoms. The molecule has 1 aliphatic carbocycles. The number of aromatic nitrogens is 1. The summed E-state index contributed by atoms with van der Waals surface area (Å²) in [5.41, 5.74) is 4.08. The van der Waals surface area contributed by atoms with Crippen molar-refractivity contribution < 1.29 is 0 Å². The molecule has 104 valence electrons. The first-order chi connectivity index (χ1) is 9.83. The summed E-state index contributed by atoms with van der Waals surface area (Å²) in [6.45, 7) is 3.47. The van der Waals surface area contributed by atoms with Crippen LogP contribution in [0.2, 0.25) is 0 Å². The molecule has 1 aliphatic heterocycles. The number of thiazole rings is 1. The number of hydrogen-bond donors (Lipinski definition) is 1. The zero-order chi connectivity index (χ0) is 13.5. The van der Waals surface area contributed by atoms with E-state index in [-0.39, 0.29) is 0 Å². The van der Waals surface area contributed by atoms with E-state index in [1.165, 1.54) is 46.0 Å². The van der Waals surface area contributed by atoms with Crippen molar-refractivity contribution in [1.29, 1.82) is 0 Å². The van der Waals surface area contributed by atoms with Gasteiger partial charge in [-0.3, -0.25) is 0 Å². The van der Waals surface area contributed by atoms with E-state index in [2.05, 4.69) is 36.5 Å². The maximum absolute atomic E-state index is 5.01. The number of fused-ring (bicyclic) bond motifs is 3. The quantitative estimate of drug-likeness (QED) is 0.845. The van der Waals surface area contributed by atoms with Gasteiger partial charge in [0.15, 0.2) is 0 Å². The number of hydrogen-bond acceptors (Lipinski definition) is 3. The molecule has 1 aromatic carbocycles. The van der Waals surface area contributed by atoms with Crippen LogP contribution in [0.4, 0.5) is 0 Å². The lowest BCUT2D eigenvalue weighted by Crippen LogP contribution is -2.26. The summed E-state index contributed by atoms with van der Waals surface area (Å²) in [5.74, 6) is 0.617. The minimum Gasteiger partial charge on any atom is -0.308 e. The Bertz CT molecular complexity index is 626. The molecular weight excluding hydrogens is 264 g/mol. The van der Waals surface area contributed by atoms with Gasteiger partial charge < -0.3 is 5.32 Å². The van der Waals surface area contributed by atoms with Crippen LogP contribution in [0.1, 0.15) is 53.6 Å². The molecule has 2 aromatic rings. The Morgan fingerprint density at radius 1 is 1.25 bits per heavy atom. The molecule has 0 saturated carbocycles. The zero-order valence-electron chi connectivity index (χ0n) is 11.9. The van der Waals surface area contributed by atoms with Gasteiger partial charge in [0, 0.05) is 10.4 Å². The molecule has 2 atom stereocenters. The van der Waals surface area contributed by atoms with Gasteiger partial charge in [-0.2, -0.15) is 0 Å². The third-order valence-corrected chi connectivity index (χ3v) is 5.75. The number of nitrogens with zero attached hydrogens (tertiary/aromatic N) is 1. The topological polar surface area (TPSA) is 24.9 Å². The van der Waals surface area contributed by atoms with Crippen molar-refractivity contribution in [2.75, 3.05) is 6.54 Å². The highest BCUT2D eigenvalue weighted by molar-refractivity contribution is 7.12. The van der Waals surface area contributed by atoms with E-state index in [1.807, 2.05) is 11.3 Å². The first-order valence-electron chi connectivity index (χ1n) is 7.65. The normalized spacial score (nSPS) is 25.1. The minimum atomic E-state index is 0.488. The molecule has 2 aliphatic rings. The molecule has 2 nitrogen and oxygen atoms in total. The average Bonchev–Trinajstić information content (AvgIpc) is 2.93. The average molecular weight is 284 g/mol. The van der Waals surface area contributed by atoms with Crippen LogP contribution >= 0.6 is 11.3 Å². The molecule has 1 fully saturated rings. The molecule has 1 N–H and O–H groups in total. The van der Waals surface area contributed by atoms with Crippen molar-refractivity contribution in [3.8, 4) is 11.3 Å². The molecule has 1 saturated heterocycles. The van der Waals surface area contributed by atoms with Crippen LogP contribution in [0.25, 0.3) is 11.3 Å². The maximum Gasteiger partial charge on any atom is 0.111 e. The number of piperidine rings is 1. The molecule has 0 amide bonds. The smallest absolute Gasteiger partial charge is 0.111 e. The lowest BCUT2D eigenvalue weighted by molar-refractivity contribution is 0.411. The highest BCUT2D eigenvalue weighted by Crippen LogP contribution is 2.43. The van der Waals surface area contributed by atoms with Crippen LogP contribution in [0.3, 0.4) is 0 Å². The fourth-order valence-electron chi connectivity index (χ4n) is 3.46. The highest BCUT2D eigenvalue weighted by atomic mass is 32.1. The highest BCUT2D eigenvalue weighted by Gasteiger charge is 2.27. The number of benzene rings is 1. The molecule has 0 bridgehead atoms. The van der Waals surface area contributed by atoms with Crippen molar-refractivity contribution >= 4 is 11.3 Å². The maximum atomic E-state index is 5.01. The fourth-order valence-corrected chi connectivity index (χ4v) is 4.78. The van der Waals surface area contributed by atoms with Crippen molar-refractivity contribution in [3.05, 3.63) is 39.7 Å². The van der Waals surface area contributed by atoms with Crippen molar-refractivity contribution in [1.82, 2.24) is 10.3 Å². The lowest BCUT2D eigenvalue weighted by atomic mass is 9.86. The van der Waals surface area contributed by atoms with Gasteiger partial charge in [-0.05, 0) is 37.3 Å². The number of rotatable bonds is 1. The van der Waals surface area contributed by atoms with Gasteiger partial charge in [0.25, 0.3) is 0 Å². The van der Waals surface area contributed by atoms with Crippen molar-refractivity contribution in [2.24, 2.45) is 0 Å². The van der Waals surface area contributed by atoms with Crippen LogP contribution in [0, 0.1) is 0 Å². The summed E-state index contributed by atoms with van der Waals surface area (Å²) >= 11 is 1.94. The molecule has 0 spiro atoms. The van der Waals surface area contributed by atoms with Gasteiger partial charge in [-0.25, -0.2) is 4.98 Å². The Kier molecular flexibility index (Phi) is 3.12. The monoisotopic (exact) mass is 284 g/mol. The SMILES string of the molecule is CC1Cc2sc(C3CCCCN3)nc2-c2ccccc21. The third-order valence-electron chi connectivity index (χ3n) is 4.56. The lowest BCUT2D eigenvalue weighted by Gasteiger charge is -2.21.